The third-order valence-electron chi connectivity index (χ3n) is 3.46. The van der Waals surface area contributed by atoms with Crippen molar-refractivity contribution in [3.63, 3.8) is 0 Å². The Hall–Kier alpha value is -0.240. The van der Waals surface area contributed by atoms with Gasteiger partial charge in [0.15, 0.2) is 17.9 Å². The third kappa shape index (κ3) is 2.07. The number of aliphatic hydroxyl groups is 1. The average Bonchev–Trinajstić information content (AvgIpc) is 2.81. The monoisotopic (exact) mass is 260 g/mol. The maximum Gasteiger partial charge on any atom is 0.184 e. The molecule has 6 heteroatoms. The molecule has 5 atom stereocenters. The molecule has 18 heavy (non-hydrogen) atoms. The summed E-state index contributed by atoms with van der Waals surface area (Å²) in [5.74, 6) is -1.32. The molecule has 1 N–H and O–H groups in total. The SMILES string of the molecule is CC1(C)OCC(C2OC(O)C3OC(C)(C)O[C@H]32)O1. The molecule has 3 rings (SSSR count). The number of aliphatic hydroxyl groups excluding tert-OH is 1. The fourth-order valence-corrected chi connectivity index (χ4v) is 2.78. The van der Waals surface area contributed by atoms with Crippen LogP contribution in [0.1, 0.15) is 27.7 Å². The Morgan fingerprint density at radius 2 is 1.56 bits per heavy atom. The average molecular weight is 260 g/mol. The minimum absolute atomic E-state index is 0.248. The quantitative estimate of drug-likeness (QED) is 0.735. The van der Waals surface area contributed by atoms with Gasteiger partial charge in [0.05, 0.1) is 6.61 Å². The third-order valence-corrected chi connectivity index (χ3v) is 3.46. The van der Waals surface area contributed by atoms with E-state index >= 15 is 0 Å². The summed E-state index contributed by atoms with van der Waals surface area (Å²) in [5.41, 5.74) is 0. The van der Waals surface area contributed by atoms with Crippen LogP contribution in [0.5, 0.6) is 0 Å². The molecule has 0 saturated carbocycles. The van der Waals surface area contributed by atoms with Crippen LogP contribution in [0, 0.1) is 0 Å². The molecule has 3 fully saturated rings. The number of ether oxygens (including phenoxy) is 5. The maximum atomic E-state index is 9.87. The van der Waals surface area contributed by atoms with E-state index in [4.69, 9.17) is 23.7 Å². The Balaban J connectivity index is 1.75. The topological polar surface area (TPSA) is 66.4 Å². The van der Waals surface area contributed by atoms with Gasteiger partial charge in [-0.1, -0.05) is 0 Å². The molecule has 0 bridgehead atoms. The van der Waals surface area contributed by atoms with E-state index in [0.29, 0.717) is 6.61 Å². The molecule has 0 aliphatic carbocycles. The van der Waals surface area contributed by atoms with Crippen LogP contribution in [0.4, 0.5) is 0 Å². The van der Waals surface area contributed by atoms with E-state index in [1.54, 1.807) is 0 Å². The van der Waals surface area contributed by atoms with Gasteiger partial charge in [0, 0.05) is 0 Å². The zero-order valence-electron chi connectivity index (χ0n) is 11.1. The molecule has 0 aromatic rings. The summed E-state index contributed by atoms with van der Waals surface area (Å²) >= 11 is 0. The Kier molecular flexibility index (Phi) is 2.75. The van der Waals surface area contributed by atoms with Crippen molar-refractivity contribution in [1.82, 2.24) is 0 Å². The van der Waals surface area contributed by atoms with Gasteiger partial charge in [0.25, 0.3) is 0 Å². The van der Waals surface area contributed by atoms with Crippen LogP contribution in [0.3, 0.4) is 0 Å². The Morgan fingerprint density at radius 3 is 2.17 bits per heavy atom. The van der Waals surface area contributed by atoms with Crippen LogP contribution in [0.25, 0.3) is 0 Å². The van der Waals surface area contributed by atoms with E-state index in [9.17, 15) is 5.11 Å². The second kappa shape index (κ2) is 3.88. The van der Waals surface area contributed by atoms with Crippen LogP contribution >= 0.6 is 0 Å². The van der Waals surface area contributed by atoms with Crippen LogP contribution in [-0.2, 0) is 23.7 Å². The van der Waals surface area contributed by atoms with Gasteiger partial charge in [-0.2, -0.15) is 0 Å². The van der Waals surface area contributed by atoms with Crippen LogP contribution in [0.15, 0.2) is 0 Å². The van der Waals surface area contributed by atoms with Crippen LogP contribution in [0.2, 0.25) is 0 Å². The summed E-state index contributed by atoms with van der Waals surface area (Å²) in [7, 11) is 0. The predicted octanol–water partition coefficient (Wildman–Crippen LogP) is 0.375. The van der Waals surface area contributed by atoms with Gasteiger partial charge in [0.1, 0.15) is 24.4 Å². The summed E-state index contributed by atoms with van der Waals surface area (Å²) in [6.07, 6.45) is -2.38. The van der Waals surface area contributed by atoms with Crippen LogP contribution < -0.4 is 0 Å². The molecule has 0 radical (unpaired) electrons. The summed E-state index contributed by atoms with van der Waals surface area (Å²) in [6, 6.07) is 0. The standard InChI is InChI=1S/C12H20O6/c1-11(2)14-5-6(16-11)7-8-9(10(13)15-7)18-12(3,4)17-8/h6-10,13H,5H2,1-4H3/t6?,7?,8-,9?,10?/m0/s1. The first kappa shape index (κ1) is 12.8. The van der Waals surface area contributed by atoms with Crippen molar-refractivity contribution >= 4 is 0 Å². The Labute approximate surface area is 106 Å². The first-order chi connectivity index (χ1) is 8.27. The highest BCUT2D eigenvalue weighted by Crippen LogP contribution is 2.41. The van der Waals surface area contributed by atoms with Crippen molar-refractivity contribution in [2.75, 3.05) is 6.61 Å². The summed E-state index contributed by atoms with van der Waals surface area (Å²) in [5, 5.41) is 9.87. The van der Waals surface area contributed by atoms with Gasteiger partial charge >= 0.3 is 0 Å². The fraction of sp³-hybridized carbons (Fsp3) is 1.00. The number of rotatable bonds is 1. The minimum atomic E-state index is -0.978. The lowest BCUT2D eigenvalue weighted by atomic mass is 10.1. The zero-order chi connectivity index (χ0) is 13.1. The van der Waals surface area contributed by atoms with Gasteiger partial charge in [0.2, 0.25) is 0 Å². The molecule has 3 saturated heterocycles. The first-order valence-electron chi connectivity index (χ1n) is 6.28. The van der Waals surface area contributed by atoms with E-state index in [1.807, 2.05) is 27.7 Å². The highest BCUT2D eigenvalue weighted by Gasteiger charge is 2.58. The zero-order valence-corrected chi connectivity index (χ0v) is 11.1. The molecule has 0 aromatic carbocycles. The molecule has 3 heterocycles. The predicted molar refractivity (Wildman–Crippen MR) is 59.6 cm³/mol. The summed E-state index contributed by atoms with van der Waals surface area (Å²) in [4.78, 5) is 0. The lowest BCUT2D eigenvalue weighted by Gasteiger charge is -2.26. The van der Waals surface area contributed by atoms with Crippen molar-refractivity contribution < 1.29 is 28.8 Å². The molecule has 3 aliphatic rings. The van der Waals surface area contributed by atoms with Gasteiger partial charge in [-0.25, -0.2) is 0 Å². The molecule has 3 aliphatic heterocycles. The largest absolute Gasteiger partial charge is 0.366 e. The smallest absolute Gasteiger partial charge is 0.184 e. The van der Waals surface area contributed by atoms with Crippen molar-refractivity contribution in [1.29, 1.82) is 0 Å². The normalized spacial score (nSPS) is 49.5. The Bertz CT molecular complexity index is 341. The lowest BCUT2D eigenvalue weighted by Crippen LogP contribution is -2.40. The van der Waals surface area contributed by atoms with Gasteiger partial charge in [-0.3, -0.25) is 0 Å². The van der Waals surface area contributed by atoms with Crippen molar-refractivity contribution in [2.24, 2.45) is 0 Å². The first-order valence-corrected chi connectivity index (χ1v) is 6.28. The molecular weight excluding hydrogens is 240 g/mol. The summed E-state index contributed by atoms with van der Waals surface area (Å²) in [6.45, 7) is 7.78. The van der Waals surface area contributed by atoms with Crippen LogP contribution in [-0.4, -0.2) is 54.0 Å². The molecule has 6 nitrogen and oxygen atoms in total. The number of fused-ring (bicyclic) bond motifs is 1. The van der Waals surface area contributed by atoms with E-state index < -0.39 is 24.0 Å². The highest BCUT2D eigenvalue weighted by molar-refractivity contribution is 4.99. The fourth-order valence-electron chi connectivity index (χ4n) is 2.78. The van der Waals surface area contributed by atoms with Crippen molar-refractivity contribution in [2.45, 2.75) is 70.0 Å². The number of hydrogen-bond donors (Lipinski definition) is 1. The molecule has 4 unspecified atom stereocenters. The molecule has 0 aromatic heterocycles. The second-order valence-corrected chi connectivity index (χ2v) is 5.92. The lowest BCUT2D eigenvalue weighted by molar-refractivity contribution is -0.236. The molecule has 104 valence electrons. The Morgan fingerprint density at radius 1 is 0.889 bits per heavy atom. The number of hydrogen-bond acceptors (Lipinski definition) is 6. The van der Waals surface area contributed by atoms with Crippen molar-refractivity contribution in [3.8, 4) is 0 Å². The van der Waals surface area contributed by atoms with Gasteiger partial charge in [-0.15, -0.1) is 0 Å². The van der Waals surface area contributed by atoms with E-state index in [2.05, 4.69) is 0 Å². The summed E-state index contributed by atoms with van der Waals surface area (Å²) < 4.78 is 28.2. The maximum absolute atomic E-state index is 9.87. The molecule has 0 spiro atoms. The van der Waals surface area contributed by atoms with Crippen molar-refractivity contribution in [3.05, 3.63) is 0 Å². The van der Waals surface area contributed by atoms with E-state index in [-0.39, 0.29) is 18.3 Å². The second-order valence-electron chi connectivity index (χ2n) is 5.92. The molecule has 0 amide bonds. The van der Waals surface area contributed by atoms with E-state index in [0.717, 1.165) is 0 Å². The van der Waals surface area contributed by atoms with Gasteiger partial charge in [-0.05, 0) is 27.7 Å². The van der Waals surface area contributed by atoms with Gasteiger partial charge < -0.3 is 28.8 Å². The highest BCUT2D eigenvalue weighted by atomic mass is 16.8. The van der Waals surface area contributed by atoms with E-state index in [1.165, 1.54) is 0 Å². The minimum Gasteiger partial charge on any atom is -0.366 e. The molecular formula is C12H20O6.